The summed E-state index contributed by atoms with van der Waals surface area (Å²) in [6.07, 6.45) is -0.816. The molecular formula is C11H10FNO6. The number of carbonyl (C=O) groups is 3. The molecule has 0 aliphatic carbocycles. The molecule has 102 valence electrons. The van der Waals surface area contributed by atoms with Crippen LogP contribution in [-0.4, -0.2) is 39.2 Å². The van der Waals surface area contributed by atoms with Crippen molar-refractivity contribution in [3.63, 3.8) is 0 Å². The van der Waals surface area contributed by atoms with E-state index in [9.17, 15) is 23.9 Å². The zero-order valence-corrected chi connectivity index (χ0v) is 9.46. The normalized spacial score (nSPS) is 11.6. The lowest BCUT2D eigenvalue weighted by molar-refractivity contribution is -0.145. The molecular weight excluding hydrogens is 261 g/mol. The summed E-state index contributed by atoms with van der Waals surface area (Å²) >= 11 is 0. The fourth-order valence-electron chi connectivity index (χ4n) is 1.31. The Labute approximate surface area is 106 Å². The molecule has 1 rings (SSSR count). The SMILES string of the molecule is O=C(O)CC(NC(=O)c1ccc(F)cc1O)C(=O)O. The molecule has 1 atom stereocenters. The van der Waals surface area contributed by atoms with Crippen molar-refractivity contribution < 1.29 is 34.1 Å². The van der Waals surface area contributed by atoms with Gasteiger partial charge in [-0.1, -0.05) is 0 Å². The molecule has 7 nitrogen and oxygen atoms in total. The highest BCUT2D eigenvalue weighted by atomic mass is 19.1. The first-order valence-electron chi connectivity index (χ1n) is 5.05. The third kappa shape index (κ3) is 3.95. The van der Waals surface area contributed by atoms with E-state index in [1.165, 1.54) is 0 Å². The van der Waals surface area contributed by atoms with Crippen LogP contribution < -0.4 is 5.32 Å². The predicted octanol–water partition coefficient (Wildman–Crippen LogP) is 0.189. The van der Waals surface area contributed by atoms with Crippen molar-refractivity contribution in [1.82, 2.24) is 5.32 Å². The van der Waals surface area contributed by atoms with Gasteiger partial charge in [-0.05, 0) is 12.1 Å². The van der Waals surface area contributed by atoms with Crippen molar-refractivity contribution in [1.29, 1.82) is 0 Å². The largest absolute Gasteiger partial charge is 0.507 e. The van der Waals surface area contributed by atoms with Crippen LogP contribution in [0.5, 0.6) is 5.75 Å². The Hall–Kier alpha value is -2.64. The molecule has 0 spiro atoms. The van der Waals surface area contributed by atoms with Gasteiger partial charge in [0.15, 0.2) is 0 Å². The topological polar surface area (TPSA) is 124 Å². The van der Waals surface area contributed by atoms with Gasteiger partial charge in [-0.25, -0.2) is 9.18 Å². The van der Waals surface area contributed by atoms with E-state index >= 15 is 0 Å². The summed E-state index contributed by atoms with van der Waals surface area (Å²) in [5.74, 6) is -5.38. The number of rotatable bonds is 5. The number of hydrogen-bond donors (Lipinski definition) is 4. The average molecular weight is 271 g/mol. The molecule has 19 heavy (non-hydrogen) atoms. The molecule has 0 radical (unpaired) electrons. The maximum absolute atomic E-state index is 12.7. The monoisotopic (exact) mass is 271 g/mol. The highest BCUT2D eigenvalue weighted by molar-refractivity contribution is 5.99. The zero-order chi connectivity index (χ0) is 14.6. The Kier molecular flexibility index (Phi) is 4.41. The van der Waals surface area contributed by atoms with E-state index in [2.05, 4.69) is 0 Å². The highest BCUT2D eigenvalue weighted by Gasteiger charge is 2.24. The Morgan fingerprint density at radius 1 is 1.26 bits per heavy atom. The Morgan fingerprint density at radius 2 is 1.89 bits per heavy atom. The summed E-state index contributed by atoms with van der Waals surface area (Å²) in [4.78, 5) is 32.8. The van der Waals surface area contributed by atoms with Crippen molar-refractivity contribution in [2.45, 2.75) is 12.5 Å². The number of aliphatic carboxylic acids is 2. The molecule has 0 heterocycles. The van der Waals surface area contributed by atoms with E-state index in [4.69, 9.17) is 10.2 Å². The van der Waals surface area contributed by atoms with Gasteiger partial charge in [0.05, 0.1) is 12.0 Å². The van der Waals surface area contributed by atoms with E-state index in [0.717, 1.165) is 12.1 Å². The van der Waals surface area contributed by atoms with Crippen LogP contribution in [0.1, 0.15) is 16.8 Å². The number of phenolic OH excluding ortho intramolecular Hbond substituents is 1. The zero-order valence-electron chi connectivity index (χ0n) is 9.46. The molecule has 1 amide bonds. The lowest BCUT2D eigenvalue weighted by Crippen LogP contribution is -2.42. The van der Waals surface area contributed by atoms with Crippen molar-refractivity contribution in [2.75, 3.05) is 0 Å². The van der Waals surface area contributed by atoms with E-state index < -0.39 is 41.9 Å². The second-order valence-corrected chi connectivity index (χ2v) is 3.62. The van der Waals surface area contributed by atoms with Crippen LogP contribution in [-0.2, 0) is 9.59 Å². The number of benzene rings is 1. The van der Waals surface area contributed by atoms with Crippen molar-refractivity contribution in [3.05, 3.63) is 29.6 Å². The molecule has 0 aliphatic rings. The molecule has 1 unspecified atom stereocenters. The third-order valence-corrected chi connectivity index (χ3v) is 2.19. The fraction of sp³-hybridized carbons (Fsp3) is 0.182. The number of carboxylic acid groups (broad SMARTS) is 2. The van der Waals surface area contributed by atoms with Crippen molar-refractivity contribution in [3.8, 4) is 5.75 Å². The average Bonchev–Trinajstić information content (AvgIpc) is 2.26. The molecule has 0 bridgehead atoms. The van der Waals surface area contributed by atoms with Gasteiger partial charge < -0.3 is 20.6 Å². The summed E-state index contributed by atoms with van der Waals surface area (Å²) < 4.78 is 12.7. The van der Waals surface area contributed by atoms with Crippen LogP contribution in [0.25, 0.3) is 0 Å². The van der Waals surface area contributed by atoms with Crippen molar-refractivity contribution in [2.24, 2.45) is 0 Å². The lowest BCUT2D eigenvalue weighted by atomic mass is 10.1. The smallest absolute Gasteiger partial charge is 0.326 e. The summed E-state index contributed by atoms with van der Waals surface area (Å²) in [7, 11) is 0. The number of nitrogens with one attached hydrogen (secondary N) is 1. The Balaban J connectivity index is 2.87. The number of carboxylic acids is 2. The number of aromatic hydroxyl groups is 1. The van der Waals surface area contributed by atoms with E-state index in [1.54, 1.807) is 0 Å². The molecule has 4 N–H and O–H groups in total. The van der Waals surface area contributed by atoms with Crippen LogP contribution in [0.2, 0.25) is 0 Å². The number of phenols is 1. The second kappa shape index (κ2) is 5.80. The standard InChI is InChI=1S/C11H10FNO6/c12-5-1-2-6(8(14)3-5)10(17)13-7(11(18)19)4-9(15)16/h1-3,7,14H,4H2,(H,13,17)(H,15,16)(H,18,19). The second-order valence-electron chi connectivity index (χ2n) is 3.62. The molecule has 0 saturated heterocycles. The summed E-state index contributed by atoms with van der Waals surface area (Å²) in [5, 5.41) is 28.5. The molecule has 0 fully saturated rings. The quantitative estimate of drug-likeness (QED) is 0.606. The number of amides is 1. The van der Waals surface area contributed by atoms with Gasteiger partial charge in [-0.2, -0.15) is 0 Å². The molecule has 1 aromatic carbocycles. The van der Waals surface area contributed by atoms with Gasteiger partial charge in [0.1, 0.15) is 17.6 Å². The predicted molar refractivity (Wildman–Crippen MR) is 59.2 cm³/mol. The highest BCUT2D eigenvalue weighted by Crippen LogP contribution is 2.18. The van der Waals surface area contributed by atoms with Gasteiger partial charge in [0.25, 0.3) is 5.91 Å². The van der Waals surface area contributed by atoms with Crippen LogP contribution in [0, 0.1) is 5.82 Å². The van der Waals surface area contributed by atoms with Gasteiger partial charge in [-0.3, -0.25) is 9.59 Å². The summed E-state index contributed by atoms with van der Waals surface area (Å²) in [6, 6.07) is 0.901. The lowest BCUT2D eigenvalue weighted by Gasteiger charge is -2.12. The van der Waals surface area contributed by atoms with Crippen LogP contribution in [0.15, 0.2) is 18.2 Å². The van der Waals surface area contributed by atoms with Gasteiger partial charge >= 0.3 is 11.9 Å². The first-order chi connectivity index (χ1) is 8.81. The van der Waals surface area contributed by atoms with E-state index in [-0.39, 0.29) is 5.56 Å². The van der Waals surface area contributed by atoms with Gasteiger partial charge in [0, 0.05) is 6.07 Å². The minimum atomic E-state index is -1.64. The summed E-state index contributed by atoms with van der Waals surface area (Å²) in [5.41, 5.74) is -0.349. The molecule has 0 aromatic heterocycles. The van der Waals surface area contributed by atoms with Crippen LogP contribution in [0.4, 0.5) is 4.39 Å². The van der Waals surface area contributed by atoms with Crippen molar-refractivity contribution >= 4 is 17.8 Å². The van der Waals surface area contributed by atoms with E-state index in [1.807, 2.05) is 5.32 Å². The van der Waals surface area contributed by atoms with E-state index in [0.29, 0.717) is 6.07 Å². The third-order valence-electron chi connectivity index (χ3n) is 2.19. The molecule has 1 aromatic rings. The minimum absolute atomic E-state index is 0.349. The number of hydrogen-bond acceptors (Lipinski definition) is 4. The molecule has 8 heteroatoms. The van der Waals surface area contributed by atoms with Crippen LogP contribution >= 0.6 is 0 Å². The molecule has 0 saturated carbocycles. The van der Waals surface area contributed by atoms with Gasteiger partial charge in [-0.15, -0.1) is 0 Å². The van der Waals surface area contributed by atoms with Crippen LogP contribution in [0.3, 0.4) is 0 Å². The summed E-state index contributed by atoms with van der Waals surface area (Å²) in [6.45, 7) is 0. The number of halogens is 1. The first-order valence-corrected chi connectivity index (χ1v) is 5.05. The number of carbonyl (C=O) groups excluding carboxylic acids is 1. The first kappa shape index (κ1) is 14.4. The van der Waals surface area contributed by atoms with Gasteiger partial charge in [0.2, 0.25) is 0 Å². The minimum Gasteiger partial charge on any atom is -0.507 e. The Bertz CT molecular complexity index is 530. The fourth-order valence-corrected chi connectivity index (χ4v) is 1.31. The Morgan fingerprint density at radius 3 is 2.37 bits per heavy atom. The maximum atomic E-state index is 12.7. The molecule has 0 aliphatic heterocycles. The maximum Gasteiger partial charge on any atom is 0.326 e.